The van der Waals surface area contributed by atoms with Gasteiger partial charge in [0.05, 0.1) is 12.2 Å². The molecule has 4 aliphatic rings. The third-order valence-electron chi connectivity index (χ3n) is 8.71. The Balaban J connectivity index is 1.52. The van der Waals surface area contributed by atoms with Crippen LogP contribution in [0.4, 0.5) is 0 Å². The van der Waals surface area contributed by atoms with Gasteiger partial charge in [-0.25, -0.2) is 0 Å². The molecule has 2 nitrogen and oxygen atoms in total. The lowest BCUT2D eigenvalue weighted by molar-refractivity contribution is -0.119. The lowest BCUT2D eigenvalue weighted by Gasteiger charge is -2.56. The molecule has 2 heteroatoms. The van der Waals surface area contributed by atoms with Crippen molar-refractivity contribution in [3.05, 3.63) is 11.6 Å². The normalized spacial score (nSPS) is 52.7. The number of hydrogen-bond acceptors (Lipinski definition) is 2. The highest BCUT2D eigenvalue weighted by atomic mass is 16.5. The van der Waals surface area contributed by atoms with Gasteiger partial charge >= 0.3 is 0 Å². The minimum atomic E-state index is -0.544. The zero-order chi connectivity index (χ0) is 16.9. The molecule has 0 amide bonds. The second-order valence-electron chi connectivity index (χ2n) is 9.64. The van der Waals surface area contributed by atoms with Gasteiger partial charge in [-0.1, -0.05) is 18.6 Å². The Bertz CT molecular complexity index is 512. The first-order chi connectivity index (χ1) is 11.5. The van der Waals surface area contributed by atoms with Gasteiger partial charge in [0, 0.05) is 7.11 Å². The van der Waals surface area contributed by atoms with Crippen molar-refractivity contribution in [1.29, 1.82) is 0 Å². The van der Waals surface area contributed by atoms with Crippen molar-refractivity contribution in [2.45, 2.75) is 77.2 Å². The van der Waals surface area contributed by atoms with E-state index in [2.05, 4.69) is 19.9 Å². The van der Waals surface area contributed by atoms with E-state index in [1.807, 2.05) is 0 Å². The number of rotatable bonds is 2. The fourth-order valence-electron chi connectivity index (χ4n) is 7.68. The maximum atomic E-state index is 10.8. The van der Waals surface area contributed by atoms with Gasteiger partial charge in [-0.15, -0.1) is 0 Å². The highest BCUT2D eigenvalue weighted by Gasteiger charge is 2.56. The molecule has 0 aromatic rings. The fourth-order valence-corrected chi connectivity index (χ4v) is 7.68. The lowest BCUT2D eigenvalue weighted by atomic mass is 9.49. The first-order valence-corrected chi connectivity index (χ1v) is 10.4. The second-order valence-corrected chi connectivity index (χ2v) is 9.64. The van der Waals surface area contributed by atoms with Crippen molar-refractivity contribution < 1.29 is 9.84 Å². The Kier molecular flexibility index (Phi) is 4.36. The van der Waals surface area contributed by atoms with E-state index in [9.17, 15) is 5.11 Å². The Morgan fingerprint density at radius 2 is 1.88 bits per heavy atom. The average molecular weight is 333 g/mol. The summed E-state index contributed by atoms with van der Waals surface area (Å²) in [5.41, 5.74) is 1.72. The Hall–Kier alpha value is -0.340. The Labute approximate surface area is 148 Å². The molecule has 4 saturated carbocycles. The van der Waals surface area contributed by atoms with Crippen LogP contribution in [0.2, 0.25) is 0 Å². The summed E-state index contributed by atoms with van der Waals surface area (Å²) in [4.78, 5) is 0. The molecule has 0 bridgehead atoms. The molecule has 4 aliphatic carbocycles. The first kappa shape index (κ1) is 17.1. The number of fused-ring (bicyclic) bond motifs is 5. The molecule has 24 heavy (non-hydrogen) atoms. The molecular weight excluding hydrogens is 296 g/mol. The first-order valence-electron chi connectivity index (χ1n) is 10.4. The summed E-state index contributed by atoms with van der Waals surface area (Å²) < 4.78 is 5.31. The SMILES string of the molecule is CC=C1CC[C@H]2[C@@H]3CC[C@@H]4C[C@](O)(COC)CC[C@@H]4[C@H]3CC[C@]12C. The fraction of sp³-hybridized carbons (Fsp3) is 0.909. The molecule has 0 unspecified atom stereocenters. The number of hydrogen-bond donors (Lipinski definition) is 1. The van der Waals surface area contributed by atoms with E-state index >= 15 is 0 Å². The van der Waals surface area contributed by atoms with Gasteiger partial charge in [0.1, 0.15) is 0 Å². The molecule has 0 spiro atoms. The van der Waals surface area contributed by atoms with Crippen LogP contribution in [-0.4, -0.2) is 24.4 Å². The van der Waals surface area contributed by atoms with Crippen LogP contribution in [0.1, 0.15) is 71.6 Å². The Morgan fingerprint density at radius 1 is 1.08 bits per heavy atom. The van der Waals surface area contributed by atoms with Gasteiger partial charge in [-0.3, -0.25) is 0 Å². The zero-order valence-corrected chi connectivity index (χ0v) is 15.9. The van der Waals surface area contributed by atoms with Crippen LogP contribution in [0.5, 0.6) is 0 Å². The molecule has 4 fully saturated rings. The van der Waals surface area contributed by atoms with E-state index in [0.29, 0.717) is 12.0 Å². The highest BCUT2D eigenvalue weighted by molar-refractivity contribution is 5.23. The van der Waals surface area contributed by atoms with E-state index in [1.54, 1.807) is 12.7 Å². The van der Waals surface area contributed by atoms with Gasteiger partial charge in [-0.2, -0.15) is 0 Å². The number of ether oxygens (including phenoxy) is 1. The van der Waals surface area contributed by atoms with Crippen LogP contribution in [0, 0.1) is 35.0 Å². The van der Waals surface area contributed by atoms with Crippen LogP contribution in [0.25, 0.3) is 0 Å². The van der Waals surface area contributed by atoms with Gasteiger partial charge in [0.15, 0.2) is 0 Å². The highest BCUT2D eigenvalue weighted by Crippen LogP contribution is 2.64. The number of methoxy groups -OCH3 is 1. The maximum absolute atomic E-state index is 10.8. The average Bonchev–Trinajstić information content (AvgIpc) is 2.90. The lowest BCUT2D eigenvalue weighted by Crippen LogP contribution is -2.51. The minimum absolute atomic E-state index is 0.508. The van der Waals surface area contributed by atoms with Crippen molar-refractivity contribution in [3.63, 3.8) is 0 Å². The van der Waals surface area contributed by atoms with Crippen LogP contribution >= 0.6 is 0 Å². The zero-order valence-electron chi connectivity index (χ0n) is 15.9. The van der Waals surface area contributed by atoms with Crippen molar-refractivity contribution in [3.8, 4) is 0 Å². The van der Waals surface area contributed by atoms with Crippen molar-refractivity contribution in [2.75, 3.05) is 13.7 Å². The smallest absolute Gasteiger partial charge is 0.0882 e. The third-order valence-corrected chi connectivity index (χ3v) is 8.71. The number of aliphatic hydroxyl groups is 1. The van der Waals surface area contributed by atoms with E-state index in [0.717, 1.165) is 42.4 Å². The van der Waals surface area contributed by atoms with Crippen LogP contribution < -0.4 is 0 Å². The molecule has 1 N–H and O–H groups in total. The van der Waals surface area contributed by atoms with E-state index in [1.165, 1.54) is 44.9 Å². The van der Waals surface area contributed by atoms with E-state index in [-0.39, 0.29) is 0 Å². The van der Waals surface area contributed by atoms with E-state index in [4.69, 9.17) is 4.74 Å². The minimum Gasteiger partial charge on any atom is -0.387 e. The molecule has 0 radical (unpaired) electrons. The quantitative estimate of drug-likeness (QED) is 0.724. The van der Waals surface area contributed by atoms with Gasteiger partial charge in [0.2, 0.25) is 0 Å². The van der Waals surface area contributed by atoms with E-state index < -0.39 is 5.60 Å². The van der Waals surface area contributed by atoms with Crippen molar-refractivity contribution in [2.24, 2.45) is 35.0 Å². The Morgan fingerprint density at radius 3 is 2.62 bits per heavy atom. The number of allylic oxidation sites excluding steroid dienone is 2. The molecule has 0 saturated heterocycles. The summed E-state index contributed by atoms with van der Waals surface area (Å²) in [7, 11) is 1.72. The standard InChI is InChI=1S/C22H36O2/c1-4-16-6-8-20-19-7-5-15-13-22(23,14-24-3)12-10-17(15)18(19)9-11-21(16,20)2/h4,15,17-20,23H,5-14H2,1-3H3/t15-,17+,18-,19-,20+,21-,22+/m1/s1. The van der Waals surface area contributed by atoms with Crippen molar-refractivity contribution >= 4 is 0 Å². The van der Waals surface area contributed by atoms with Crippen LogP contribution in [0.15, 0.2) is 11.6 Å². The summed E-state index contributed by atoms with van der Waals surface area (Å²) in [5, 5.41) is 10.8. The monoisotopic (exact) mass is 332 g/mol. The maximum Gasteiger partial charge on any atom is 0.0882 e. The molecule has 4 rings (SSSR count). The van der Waals surface area contributed by atoms with Gasteiger partial charge in [0.25, 0.3) is 0 Å². The van der Waals surface area contributed by atoms with Crippen LogP contribution in [0.3, 0.4) is 0 Å². The topological polar surface area (TPSA) is 29.5 Å². The van der Waals surface area contributed by atoms with Crippen molar-refractivity contribution in [1.82, 2.24) is 0 Å². The van der Waals surface area contributed by atoms with Gasteiger partial charge < -0.3 is 9.84 Å². The predicted molar refractivity (Wildman–Crippen MR) is 97.7 cm³/mol. The molecular formula is C22H36O2. The third kappa shape index (κ3) is 2.51. The summed E-state index contributed by atoms with van der Waals surface area (Å²) in [6.45, 7) is 5.35. The molecule has 0 aromatic heterocycles. The largest absolute Gasteiger partial charge is 0.387 e. The van der Waals surface area contributed by atoms with Crippen LogP contribution in [-0.2, 0) is 4.74 Å². The summed E-state index contributed by atoms with van der Waals surface area (Å²) in [6, 6.07) is 0. The van der Waals surface area contributed by atoms with Gasteiger partial charge in [-0.05, 0) is 99.7 Å². The summed E-state index contributed by atoms with van der Waals surface area (Å²) in [6.07, 6.45) is 14.0. The summed E-state index contributed by atoms with van der Waals surface area (Å²) in [5.74, 6) is 4.44. The predicted octanol–water partition coefficient (Wildman–Crippen LogP) is 4.96. The molecule has 0 aromatic carbocycles. The molecule has 7 atom stereocenters. The second kappa shape index (κ2) is 6.13. The molecule has 0 heterocycles. The molecule has 0 aliphatic heterocycles. The molecule has 136 valence electrons. The summed E-state index contributed by atoms with van der Waals surface area (Å²) >= 11 is 0.